The predicted octanol–water partition coefficient (Wildman–Crippen LogP) is 4.14. The minimum Gasteiger partial charge on any atom is -0.365 e. The van der Waals surface area contributed by atoms with Crippen molar-refractivity contribution in [2.45, 2.75) is 76.2 Å². The van der Waals surface area contributed by atoms with E-state index in [1.807, 2.05) is 0 Å². The van der Waals surface area contributed by atoms with Gasteiger partial charge in [-0.15, -0.1) is 0 Å². The summed E-state index contributed by atoms with van der Waals surface area (Å²) in [6.07, 6.45) is 11.6. The lowest BCUT2D eigenvalue weighted by Crippen LogP contribution is -2.40. The maximum atomic E-state index is 12.9. The molecule has 32 heavy (non-hydrogen) atoms. The zero-order valence-electron chi connectivity index (χ0n) is 19.5. The molecule has 2 aromatic rings. The van der Waals surface area contributed by atoms with Gasteiger partial charge in [0.1, 0.15) is 0 Å². The first-order valence-electron chi connectivity index (χ1n) is 12.7. The Morgan fingerprint density at radius 3 is 2.69 bits per heavy atom. The van der Waals surface area contributed by atoms with Crippen LogP contribution in [-0.2, 0) is 4.79 Å². The molecular formula is C25H38N6O. The first kappa shape index (κ1) is 21.7. The summed E-state index contributed by atoms with van der Waals surface area (Å²) >= 11 is 0. The monoisotopic (exact) mass is 438 g/mol. The molecule has 0 aromatic carbocycles. The molecule has 3 aliphatic rings. The zero-order valence-corrected chi connectivity index (χ0v) is 19.5. The summed E-state index contributed by atoms with van der Waals surface area (Å²) in [7, 11) is 2.18. The number of aromatic nitrogens is 3. The van der Waals surface area contributed by atoms with Gasteiger partial charge in [-0.2, -0.15) is 5.10 Å². The number of fused-ring (bicyclic) bond motifs is 1. The van der Waals surface area contributed by atoms with E-state index in [-0.39, 0.29) is 0 Å². The second-order valence-corrected chi connectivity index (χ2v) is 10.3. The third-order valence-corrected chi connectivity index (χ3v) is 7.89. The van der Waals surface area contributed by atoms with E-state index in [0.717, 1.165) is 80.8 Å². The fourth-order valence-corrected chi connectivity index (χ4v) is 5.82. The number of piperidine rings is 2. The maximum Gasteiger partial charge on any atom is 0.222 e. The smallest absolute Gasteiger partial charge is 0.222 e. The number of rotatable bonds is 5. The molecule has 2 saturated heterocycles. The van der Waals surface area contributed by atoms with Crippen LogP contribution in [0.15, 0.2) is 12.1 Å². The van der Waals surface area contributed by atoms with Gasteiger partial charge in [-0.3, -0.25) is 9.89 Å². The molecule has 7 heteroatoms. The number of anilines is 1. The van der Waals surface area contributed by atoms with E-state index in [1.165, 1.54) is 32.1 Å². The number of carbonyl (C=O) groups excluding carboxylic acids is 1. The van der Waals surface area contributed by atoms with Crippen molar-refractivity contribution < 1.29 is 4.79 Å². The molecule has 0 spiro atoms. The normalized spacial score (nSPS) is 24.2. The number of carbonyl (C=O) groups is 1. The highest BCUT2D eigenvalue weighted by atomic mass is 16.2. The van der Waals surface area contributed by atoms with Gasteiger partial charge in [0, 0.05) is 37.2 Å². The van der Waals surface area contributed by atoms with Gasteiger partial charge in [0.25, 0.3) is 0 Å². The molecule has 2 aliphatic heterocycles. The highest BCUT2D eigenvalue weighted by Crippen LogP contribution is 2.31. The fourth-order valence-electron chi connectivity index (χ4n) is 5.82. The Kier molecular flexibility index (Phi) is 6.62. The molecule has 0 unspecified atom stereocenters. The van der Waals surface area contributed by atoms with Crippen LogP contribution >= 0.6 is 0 Å². The largest absolute Gasteiger partial charge is 0.365 e. The van der Waals surface area contributed by atoms with E-state index >= 15 is 0 Å². The Balaban J connectivity index is 1.22. The van der Waals surface area contributed by atoms with Crippen LogP contribution in [-0.4, -0.2) is 70.2 Å². The van der Waals surface area contributed by atoms with Crippen molar-refractivity contribution >= 4 is 22.8 Å². The SMILES string of the molecule is CN1CCC(Nc2n[nH]c3nc([C@H]4CCCN(C(=O)CC5CCCCC5)C4)ccc23)CC1. The van der Waals surface area contributed by atoms with Crippen LogP contribution in [0.4, 0.5) is 5.82 Å². The molecule has 1 amide bonds. The van der Waals surface area contributed by atoms with Crippen LogP contribution in [0, 0.1) is 5.92 Å². The minimum atomic E-state index is 0.317. The van der Waals surface area contributed by atoms with Crippen molar-refractivity contribution in [2.75, 3.05) is 38.5 Å². The van der Waals surface area contributed by atoms with Crippen molar-refractivity contribution in [3.8, 4) is 0 Å². The quantitative estimate of drug-likeness (QED) is 0.734. The van der Waals surface area contributed by atoms with Crippen LogP contribution in [0.5, 0.6) is 0 Å². The van der Waals surface area contributed by atoms with E-state index in [2.05, 4.69) is 44.5 Å². The second-order valence-electron chi connectivity index (χ2n) is 10.3. The van der Waals surface area contributed by atoms with E-state index in [1.54, 1.807) is 0 Å². The number of pyridine rings is 1. The van der Waals surface area contributed by atoms with Crippen LogP contribution in [0.2, 0.25) is 0 Å². The van der Waals surface area contributed by atoms with Crippen LogP contribution in [0.25, 0.3) is 11.0 Å². The van der Waals surface area contributed by atoms with Crippen molar-refractivity contribution in [3.63, 3.8) is 0 Å². The standard InChI is InChI=1S/C25H38N6O/c1-30-14-11-20(12-15-30)26-24-21-9-10-22(27-25(21)29-28-24)19-8-5-13-31(17-19)23(32)16-18-6-3-2-4-7-18/h9-10,18-20H,2-8,11-17H2,1H3,(H2,26,27,28,29)/t19-/m0/s1. The van der Waals surface area contributed by atoms with Gasteiger partial charge in [0.15, 0.2) is 11.5 Å². The number of H-pyrrole nitrogens is 1. The average molecular weight is 439 g/mol. The Morgan fingerprint density at radius 2 is 1.88 bits per heavy atom. The average Bonchev–Trinajstić information content (AvgIpc) is 3.23. The van der Waals surface area contributed by atoms with E-state index in [9.17, 15) is 4.79 Å². The lowest BCUT2D eigenvalue weighted by atomic mass is 9.86. The highest BCUT2D eigenvalue weighted by molar-refractivity contribution is 5.87. The number of likely N-dealkylation sites (tertiary alicyclic amines) is 2. The maximum absolute atomic E-state index is 12.9. The molecule has 4 heterocycles. The zero-order chi connectivity index (χ0) is 21.9. The van der Waals surface area contributed by atoms with Gasteiger partial charge >= 0.3 is 0 Å². The lowest BCUT2D eigenvalue weighted by molar-refractivity contribution is -0.133. The summed E-state index contributed by atoms with van der Waals surface area (Å²) in [5.74, 6) is 2.19. The second kappa shape index (κ2) is 9.77. The Labute approximate surface area is 191 Å². The van der Waals surface area contributed by atoms with Crippen molar-refractivity contribution in [1.29, 1.82) is 0 Å². The Morgan fingerprint density at radius 1 is 1.06 bits per heavy atom. The van der Waals surface area contributed by atoms with Gasteiger partial charge in [-0.05, 0) is 76.7 Å². The summed E-state index contributed by atoms with van der Waals surface area (Å²) in [6, 6.07) is 4.78. The van der Waals surface area contributed by atoms with E-state index in [4.69, 9.17) is 4.98 Å². The van der Waals surface area contributed by atoms with Crippen LogP contribution < -0.4 is 5.32 Å². The summed E-state index contributed by atoms with van der Waals surface area (Å²) in [6.45, 7) is 3.96. The Hall–Kier alpha value is -2.15. The van der Waals surface area contributed by atoms with Crippen LogP contribution in [0.1, 0.15) is 75.8 Å². The van der Waals surface area contributed by atoms with Gasteiger partial charge in [-0.1, -0.05) is 19.3 Å². The number of hydrogen-bond acceptors (Lipinski definition) is 5. The van der Waals surface area contributed by atoms with Crippen molar-refractivity contribution in [2.24, 2.45) is 5.92 Å². The fraction of sp³-hybridized carbons (Fsp3) is 0.720. The molecule has 1 aliphatic carbocycles. The first-order valence-corrected chi connectivity index (χ1v) is 12.7. The molecule has 1 saturated carbocycles. The molecule has 2 N–H and O–H groups in total. The molecule has 5 rings (SSSR count). The molecule has 3 fully saturated rings. The molecule has 174 valence electrons. The number of hydrogen-bond donors (Lipinski definition) is 2. The third-order valence-electron chi connectivity index (χ3n) is 7.89. The van der Waals surface area contributed by atoms with Crippen LogP contribution in [0.3, 0.4) is 0 Å². The van der Waals surface area contributed by atoms with Gasteiger partial charge < -0.3 is 15.1 Å². The molecule has 0 radical (unpaired) electrons. The topological polar surface area (TPSA) is 77.2 Å². The van der Waals surface area contributed by atoms with E-state index < -0.39 is 0 Å². The van der Waals surface area contributed by atoms with Crippen molar-refractivity contribution in [1.82, 2.24) is 25.0 Å². The molecule has 0 bridgehead atoms. The summed E-state index contributed by atoms with van der Waals surface area (Å²) in [5.41, 5.74) is 1.94. The molecule has 7 nitrogen and oxygen atoms in total. The number of aromatic amines is 1. The van der Waals surface area contributed by atoms with Gasteiger partial charge in [0.2, 0.25) is 5.91 Å². The molecular weight excluding hydrogens is 400 g/mol. The predicted molar refractivity (Wildman–Crippen MR) is 128 cm³/mol. The molecule has 2 aromatic heterocycles. The summed E-state index contributed by atoms with van der Waals surface area (Å²) in [5, 5.41) is 12.4. The summed E-state index contributed by atoms with van der Waals surface area (Å²) in [4.78, 5) is 22.4. The number of nitrogens with zero attached hydrogens (tertiary/aromatic N) is 4. The Bertz CT molecular complexity index is 912. The van der Waals surface area contributed by atoms with Gasteiger partial charge in [0.05, 0.1) is 5.39 Å². The minimum absolute atomic E-state index is 0.317. The highest BCUT2D eigenvalue weighted by Gasteiger charge is 2.28. The number of amides is 1. The van der Waals surface area contributed by atoms with E-state index in [0.29, 0.717) is 23.8 Å². The van der Waals surface area contributed by atoms with Gasteiger partial charge in [-0.25, -0.2) is 4.98 Å². The molecule has 1 atom stereocenters. The summed E-state index contributed by atoms with van der Waals surface area (Å²) < 4.78 is 0. The number of nitrogens with one attached hydrogen (secondary N) is 2. The van der Waals surface area contributed by atoms with Crippen molar-refractivity contribution in [3.05, 3.63) is 17.8 Å². The lowest BCUT2D eigenvalue weighted by Gasteiger charge is -2.34. The first-order chi connectivity index (χ1) is 15.7. The third kappa shape index (κ3) is 4.92.